The Morgan fingerprint density at radius 1 is 1.00 bits per heavy atom. The van der Waals surface area contributed by atoms with E-state index in [-0.39, 0.29) is 34.1 Å². The fourth-order valence-electron chi connectivity index (χ4n) is 2.83. The molecule has 0 spiro atoms. The lowest BCUT2D eigenvalue weighted by atomic mass is 10.3. The molecule has 0 heterocycles. The van der Waals surface area contributed by atoms with Gasteiger partial charge in [0, 0.05) is 12.7 Å². The largest absolute Gasteiger partial charge is 0.381 e. The third-order valence-corrected chi connectivity index (χ3v) is 10.0. The molecule has 0 fully saturated rings. The SMILES string of the molecule is CCCCOCCP(=O)(OCCCC)c1cc(N(S(C)(=O)=O)S(C)(=O)=O)ccc1[N+](=O)[O-]. The lowest BCUT2D eigenvalue weighted by molar-refractivity contribution is -0.383. The third-order valence-electron chi connectivity index (χ3n) is 4.31. The third kappa shape index (κ3) is 8.11. The summed E-state index contributed by atoms with van der Waals surface area (Å²) in [7, 11) is -12.5. The van der Waals surface area contributed by atoms with Crippen molar-refractivity contribution in [2.75, 3.05) is 42.2 Å². The highest BCUT2D eigenvalue weighted by atomic mass is 32.3. The fourth-order valence-corrected chi connectivity index (χ4v) is 7.92. The van der Waals surface area contributed by atoms with E-state index in [2.05, 4.69) is 0 Å². The summed E-state index contributed by atoms with van der Waals surface area (Å²) >= 11 is 0. The molecule has 184 valence electrons. The first-order valence-corrected chi connectivity index (χ1v) is 15.6. The Labute approximate surface area is 189 Å². The molecular weight excluding hydrogens is 483 g/mol. The minimum absolute atomic E-state index is 0.00660. The molecule has 1 unspecified atom stereocenters. The van der Waals surface area contributed by atoms with E-state index in [1.807, 2.05) is 13.8 Å². The number of ether oxygens (including phenoxy) is 1. The highest BCUT2D eigenvalue weighted by Crippen LogP contribution is 2.49. The number of rotatable bonds is 15. The molecule has 32 heavy (non-hydrogen) atoms. The number of sulfonamides is 2. The average Bonchev–Trinajstić information content (AvgIpc) is 2.65. The van der Waals surface area contributed by atoms with E-state index in [1.165, 1.54) is 0 Å². The van der Waals surface area contributed by atoms with Gasteiger partial charge in [0.2, 0.25) is 27.4 Å². The first-order chi connectivity index (χ1) is 14.8. The molecule has 0 aliphatic heterocycles. The molecule has 0 saturated carbocycles. The van der Waals surface area contributed by atoms with Crippen LogP contribution in [0.4, 0.5) is 11.4 Å². The second-order valence-corrected chi connectivity index (χ2v) is 13.6. The smallest absolute Gasteiger partial charge is 0.282 e. The van der Waals surface area contributed by atoms with Crippen LogP contribution in [0.1, 0.15) is 39.5 Å². The van der Waals surface area contributed by atoms with Crippen molar-refractivity contribution >= 4 is 44.1 Å². The Morgan fingerprint density at radius 2 is 1.56 bits per heavy atom. The number of nitro benzene ring substituents is 1. The molecule has 1 rings (SSSR count). The molecule has 0 N–H and O–H groups in total. The number of benzene rings is 1. The Kier molecular flexibility index (Phi) is 10.8. The van der Waals surface area contributed by atoms with Crippen molar-refractivity contribution in [1.82, 2.24) is 0 Å². The van der Waals surface area contributed by atoms with Crippen molar-refractivity contribution in [2.45, 2.75) is 39.5 Å². The maximum absolute atomic E-state index is 13.8. The Hall–Kier alpha value is -1.53. The van der Waals surface area contributed by atoms with Crippen LogP contribution in [0.2, 0.25) is 0 Å². The highest BCUT2D eigenvalue weighted by molar-refractivity contribution is 8.09. The lowest BCUT2D eigenvalue weighted by Crippen LogP contribution is -2.35. The van der Waals surface area contributed by atoms with E-state index in [9.17, 15) is 31.5 Å². The van der Waals surface area contributed by atoms with Gasteiger partial charge in [0.1, 0.15) is 5.30 Å². The van der Waals surface area contributed by atoms with E-state index in [4.69, 9.17) is 9.26 Å². The number of nitro groups is 1. The van der Waals surface area contributed by atoms with E-state index in [0.29, 0.717) is 25.5 Å². The summed E-state index contributed by atoms with van der Waals surface area (Å²) in [5, 5.41) is 11.3. The van der Waals surface area contributed by atoms with Crippen molar-refractivity contribution in [3.05, 3.63) is 28.3 Å². The molecule has 0 saturated heterocycles. The van der Waals surface area contributed by atoms with Crippen LogP contribution < -0.4 is 9.02 Å². The number of anilines is 1. The first-order valence-electron chi connectivity index (χ1n) is 10.1. The van der Waals surface area contributed by atoms with E-state index in [0.717, 1.165) is 37.5 Å². The molecule has 0 amide bonds. The Morgan fingerprint density at radius 3 is 2.06 bits per heavy atom. The van der Waals surface area contributed by atoms with Gasteiger partial charge in [-0.15, -0.1) is 0 Å². The predicted molar refractivity (Wildman–Crippen MR) is 124 cm³/mol. The van der Waals surface area contributed by atoms with Crippen LogP contribution in [-0.2, 0) is 33.9 Å². The number of hydrogen-bond donors (Lipinski definition) is 0. The summed E-state index contributed by atoms with van der Waals surface area (Å²) in [5.41, 5.74) is -0.939. The number of unbranched alkanes of at least 4 members (excludes halogenated alkanes) is 2. The Bertz CT molecular complexity index is 1010. The second kappa shape index (κ2) is 12.1. The van der Waals surface area contributed by atoms with Gasteiger partial charge in [-0.25, -0.2) is 16.8 Å². The summed E-state index contributed by atoms with van der Waals surface area (Å²) in [4.78, 5) is 10.9. The van der Waals surface area contributed by atoms with E-state index in [1.54, 1.807) is 0 Å². The topological polar surface area (TPSA) is 150 Å². The fraction of sp³-hybridized carbons (Fsp3) is 0.667. The van der Waals surface area contributed by atoms with Gasteiger partial charge in [-0.3, -0.25) is 14.7 Å². The van der Waals surface area contributed by atoms with Gasteiger partial charge in [0.15, 0.2) is 0 Å². The zero-order valence-corrected chi connectivity index (χ0v) is 21.2. The van der Waals surface area contributed by atoms with Gasteiger partial charge < -0.3 is 9.26 Å². The lowest BCUT2D eigenvalue weighted by Gasteiger charge is -2.23. The maximum atomic E-state index is 13.8. The van der Waals surface area contributed by atoms with Crippen LogP contribution >= 0.6 is 7.37 Å². The minimum atomic E-state index is -4.30. The van der Waals surface area contributed by atoms with E-state index < -0.39 is 38.0 Å². The van der Waals surface area contributed by atoms with Gasteiger partial charge in [-0.05, 0) is 25.0 Å². The maximum Gasteiger partial charge on any atom is 0.282 e. The van der Waals surface area contributed by atoms with Gasteiger partial charge in [-0.2, -0.15) is 3.71 Å². The first kappa shape index (κ1) is 28.5. The summed E-state index contributed by atoms with van der Waals surface area (Å²) < 4.78 is 73.5. The highest BCUT2D eigenvalue weighted by Gasteiger charge is 2.36. The van der Waals surface area contributed by atoms with Crippen molar-refractivity contribution in [3.63, 3.8) is 0 Å². The van der Waals surface area contributed by atoms with Gasteiger partial charge in [-0.1, -0.05) is 26.7 Å². The quantitative estimate of drug-likeness (QED) is 0.149. The Balaban J connectivity index is 3.58. The standard InChI is InChI=1S/C18H31N2O9PS2/c1-5-7-11-28-13-14-30(23,29-12-8-6-2)18-15-16(9-10-17(18)19(21)22)20(31(3,24)25)32(4,26)27/h9-10,15H,5-8,11-14H2,1-4H3. The van der Waals surface area contributed by atoms with Crippen LogP contribution in [0.15, 0.2) is 18.2 Å². The summed E-state index contributed by atoms with van der Waals surface area (Å²) in [5.74, 6) is 0. The number of nitrogens with zero attached hydrogens (tertiary/aromatic N) is 2. The van der Waals surface area contributed by atoms with Crippen molar-refractivity contribution in [3.8, 4) is 0 Å². The summed E-state index contributed by atoms with van der Waals surface area (Å²) in [6.45, 7) is 4.36. The summed E-state index contributed by atoms with van der Waals surface area (Å²) in [6.07, 6.45) is 4.15. The predicted octanol–water partition coefficient (Wildman–Crippen LogP) is 2.86. The van der Waals surface area contributed by atoms with Crippen molar-refractivity contribution < 1.29 is 35.6 Å². The molecule has 0 bridgehead atoms. The van der Waals surface area contributed by atoms with Crippen LogP contribution in [0.3, 0.4) is 0 Å². The molecule has 14 heteroatoms. The molecular formula is C18H31N2O9PS2. The van der Waals surface area contributed by atoms with Crippen LogP contribution in [0, 0.1) is 10.1 Å². The van der Waals surface area contributed by atoms with Gasteiger partial charge in [0.25, 0.3) is 5.69 Å². The minimum Gasteiger partial charge on any atom is -0.381 e. The van der Waals surface area contributed by atoms with Crippen LogP contribution in [0.25, 0.3) is 0 Å². The zero-order valence-electron chi connectivity index (χ0n) is 18.7. The molecule has 0 radical (unpaired) electrons. The van der Waals surface area contributed by atoms with Crippen LogP contribution in [0.5, 0.6) is 0 Å². The average molecular weight is 515 g/mol. The van der Waals surface area contributed by atoms with Crippen LogP contribution in [-0.4, -0.2) is 60.3 Å². The van der Waals surface area contributed by atoms with Gasteiger partial charge in [0.05, 0.1) is 42.5 Å². The van der Waals surface area contributed by atoms with Crippen molar-refractivity contribution in [2.24, 2.45) is 0 Å². The van der Waals surface area contributed by atoms with Gasteiger partial charge >= 0.3 is 0 Å². The normalized spacial score (nSPS) is 14.1. The number of hydrogen-bond acceptors (Lipinski definition) is 9. The molecule has 1 aromatic rings. The summed E-state index contributed by atoms with van der Waals surface area (Å²) in [6, 6.07) is 2.86. The molecule has 1 atom stereocenters. The monoisotopic (exact) mass is 514 g/mol. The molecule has 0 aliphatic rings. The molecule has 11 nitrogen and oxygen atoms in total. The molecule has 0 aromatic heterocycles. The molecule has 1 aromatic carbocycles. The second-order valence-electron chi connectivity index (χ2n) is 7.20. The van der Waals surface area contributed by atoms with Crippen molar-refractivity contribution in [1.29, 1.82) is 0 Å². The van der Waals surface area contributed by atoms with E-state index >= 15 is 0 Å². The zero-order chi connectivity index (χ0) is 24.6. The molecule has 0 aliphatic carbocycles.